The first-order chi connectivity index (χ1) is 10.6. The molecule has 0 saturated heterocycles. The lowest BCUT2D eigenvalue weighted by Gasteiger charge is -2.08. The molecule has 2 heterocycles. The number of nitrogens with zero attached hydrogens (tertiary/aromatic N) is 3. The number of aromatic nitrogens is 3. The lowest BCUT2D eigenvalue weighted by Crippen LogP contribution is -2.05. The number of thiazole rings is 1. The molecule has 7 heteroatoms. The topological polar surface area (TPSA) is 50.7 Å². The Labute approximate surface area is 142 Å². The molecule has 3 aromatic rings. The largest absolute Gasteiger partial charge is 0.351 e. The Morgan fingerprint density at radius 1 is 1.18 bits per heavy atom. The van der Waals surface area contributed by atoms with E-state index in [4.69, 9.17) is 11.6 Å². The molecule has 1 atom stereocenters. The molecular weight excluding hydrogens is 336 g/mol. The van der Waals surface area contributed by atoms with Crippen molar-refractivity contribution in [3.63, 3.8) is 0 Å². The number of hydrogen-bond acceptors (Lipinski definition) is 6. The lowest BCUT2D eigenvalue weighted by atomic mass is 10.2. The third-order valence-electron chi connectivity index (χ3n) is 3.09. The highest BCUT2D eigenvalue weighted by Crippen LogP contribution is 2.26. The number of nitrogens with one attached hydrogen (secondary N) is 1. The number of anilines is 1. The van der Waals surface area contributed by atoms with E-state index in [1.807, 2.05) is 30.5 Å². The van der Waals surface area contributed by atoms with E-state index in [0.717, 1.165) is 26.6 Å². The Hall–Kier alpha value is -1.50. The van der Waals surface area contributed by atoms with Crippen LogP contribution in [0.1, 0.15) is 33.4 Å². The van der Waals surface area contributed by atoms with Crippen LogP contribution < -0.4 is 5.32 Å². The van der Waals surface area contributed by atoms with Gasteiger partial charge in [-0.2, -0.15) is 0 Å². The molecule has 0 amide bonds. The van der Waals surface area contributed by atoms with Crippen LogP contribution in [-0.2, 0) is 6.42 Å². The second-order valence-corrected chi connectivity index (χ2v) is 7.74. The van der Waals surface area contributed by atoms with Gasteiger partial charge >= 0.3 is 0 Å². The monoisotopic (exact) mass is 350 g/mol. The molecule has 0 radical (unpaired) electrons. The summed E-state index contributed by atoms with van der Waals surface area (Å²) in [5.74, 6) is 0. The fourth-order valence-corrected chi connectivity index (χ4v) is 3.74. The van der Waals surface area contributed by atoms with Crippen LogP contribution in [0.5, 0.6) is 0 Å². The van der Waals surface area contributed by atoms with E-state index in [1.54, 1.807) is 22.7 Å². The van der Waals surface area contributed by atoms with Crippen LogP contribution in [0.15, 0.2) is 30.5 Å². The standard InChI is InChI=1S/C15H15ClN4S2/c1-9-8-17-14(21-9)10(2)18-15-20-19-13(22-15)7-11-3-5-12(16)6-4-11/h3-6,8,10H,7H2,1-2H3,(H,18,20). The van der Waals surface area contributed by atoms with E-state index in [0.29, 0.717) is 0 Å². The first kappa shape index (κ1) is 15.4. The molecule has 3 rings (SSSR count). The minimum atomic E-state index is 0.134. The Morgan fingerprint density at radius 3 is 2.64 bits per heavy atom. The van der Waals surface area contributed by atoms with Gasteiger partial charge in [0.15, 0.2) is 0 Å². The van der Waals surface area contributed by atoms with Gasteiger partial charge in [0.25, 0.3) is 0 Å². The van der Waals surface area contributed by atoms with Crippen molar-refractivity contribution in [3.8, 4) is 0 Å². The summed E-state index contributed by atoms with van der Waals surface area (Å²) in [7, 11) is 0. The predicted octanol–water partition coefficient (Wildman–Crippen LogP) is 4.72. The van der Waals surface area contributed by atoms with Gasteiger partial charge in [-0.05, 0) is 31.5 Å². The van der Waals surface area contributed by atoms with Crippen molar-refractivity contribution >= 4 is 39.4 Å². The van der Waals surface area contributed by atoms with Crippen molar-refractivity contribution in [1.29, 1.82) is 0 Å². The molecule has 0 bridgehead atoms. The van der Waals surface area contributed by atoms with E-state index in [2.05, 4.69) is 34.3 Å². The molecule has 0 aliphatic carbocycles. The van der Waals surface area contributed by atoms with Crippen molar-refractivity contribution in [2.24, 2.45) is 0 Å². The van der Waals surface area contributed by atoms with Gasteiger partial charge in [0.2, 0.25) is 5.13 Å². The van der Waals surface area contributed by atoms with Gasteiger partial charge in [-0.25, -0.2) is 4.98 Å². The van der Waals surface area contributed by atoms with Crippen LogP contribution in [0, 0.1) is 6.92 Å². The summed E-state index contributed by atoms with van der Waals surface area (Å²) in [6, 6.07) is 7.94. The molecule has 22 heavy (non-hydrogen) atoms. The maximum absolute atomic E-state index is 5.90. The number of aryl methyl sites for hydroxylation is 1. The summed E-state index contributed by atoms with van der Waals surface area (Å²) in [6.07, 6.45) is 2.66. The van der Waals surface area contributed by atoms with Crippen LogP contribution >= 0.6 is 34.3 Å². The predicted molar refractivity (Wildman–Crippen MR) is 93.1 cm³/mol. The average Bonchev–Trinajstić information content (AvgIpc) is 3.11. The molecule has 4 nitrogen and oxygen atoms in total. The first-order valence-corrected chi connectivity index (χ1v) is 8.87. The lowest BCUT2D eigenvalue weighted by molar-refractivity contribution is 0.858. The summed E-state index contributed by atoms with van der Waals surface area (Å²) in [5.41, 5.74) is 1.18. The zero-order valence-electron chi connectivity index (χ0n) is 12.2. The summed E-state index contributed by atoms with van der Waals surface area (Å²) in [4.78, 5) is 5.61. The number of halogens is 1. The van der Waals surface area contributed by atoms with Gasteiger partial charge in [0, 0.05) is 22.5 Å². The summed E-state index contributed by atoms with van der Waals surface area (Å²) < 4.78 is 0. The molecule has 114 valence electrons. The minimum Gasteiger partial charge on any atom is -0.351 e. The minimum absolute atomic E-state index is 0.134. The smallest absolute Gasteiger partial charge is 0.206 e. The van der Waals surface area contributed by atoms with Crippen molar-refractivity contribution in [1.82, 2.24) is 15.2 Å². The Bertz CT molecular complexity index is 751. The van der Waals surface area contributed by atoms with Crippen LogP contribution in [0.2, 0.25) is 5.02 Å². The number of hydrogen-bond donors (Lipinski definition) is 1. The van der Waals surface area contributed by atoms with E-state index in [1.165, 1.54) is 10.4 Å². The average molecular weight is 351 g/mol. The van der Waals surface area contributed by atoms with Gasteiger partial charge in [-0.3, -0.25) is 0 Å². The van der Waals surface area contributed by atoms with Gasteiger partial charge in [0.05, 0.1) is 6.04 Å². The third-order valence-corrected chi connectivity index (χ3v) is 5.29. The van der Waals surface area contributed by atoms with Crippen LogP contribution in [-0.4, -0.2) is 15.2 Å². The fraction of sp³-hybridized carbons (Fsp3) is 0.267. The Balaban J connectivity index is 1.64. The van der Waals surface area contributed by atoms with Crippen molar-refractivity contribution in [2.75, 3.05) is 5.32 Å². The maximum atomic E-state index is 5.90. The van der Waals surface area contributed by atoms with Crippen molar-refractivity contribution in [2.45, 2.75) is 26.3 Å². The van der Waals surface area contributed by atoms with Crippen molar-refractivity contribution < 1.29 is 0 Å². The second kappa shape index (κ2) is 6.73. The molecule has 1 N–H and O–H groups in total. The van der Waals surface area contributed by atoms with E-state index in [-0.39, 0.29) is 6.04 Å². The number of benzene rings is 1. The van der Waals surface area contributed by atoms with Crippen LogP contribution in [0.4, 0.5) is 5.13 Å². The Kier molecular flexibility index (Phi) is 4.71. The fourth-order valence-electron chi connectivity index (χ4n) is 1.98. The van der Waals surface area contributed by atoms with Gasteiger partial charge in [0.1, 0.15) is 10.0 Å². The highest BCUT2D eigenvalue weighted by molar-refractivity contribution is 7.15. The molecule has 1 unspecified atom stereocenters. The van der Waals surface area contributed by atoms with Gasteiger partial charge in [-0.1, -0.05) is 35.1 Å². The molecule has 2 aromatic heterocycles. The molecule has 0 spiro atoms. The van der Waals surface area contributed by atoms with E-state index in [9.17, 15) is 0 Å². The zero-order chi connectivity index (χ0) is 15.5. The molecular formula is C15H15ClN4S2. The molecule has 0 saturated carbocycles. The Morgan fingerprint density at radius 2 is 1.95 bits per heavy atom. The van der Waals surface area contributed by atoms with E-state index < -0.39 is 0 Å². The quantitative estimate of drug-likeness (QED) is 0.723. The third kappa shape index (κ3) is 3.82. The van der Waals surface area contributed by atoms with Gasteiger partial charge < -0.3 is 5.32 Å². The SMILES string of the molecule is Cc1cnc(C(C)Nc2nnc(Cc3ccc(Cl)cc3)s2)s1. The first-order valence-electron chi connectivity index (χ1n) is 6.86. The molecule has 0 aliphatic rings. The number of rotatable bonds is 5. The molecule has 1 aromatic carbocycles. The van der Waals surface area contributed by atoms with Crippen molar-refractivity contribution in [3.05, 3.63) is 55.9 Å². The molecule has 0 fully saturated rings. The zero-order valence-corrected chi connectivity index (χ0v) is 14.6. The highest BCUT2D eigenvalue weighted by Gasteiger charge is 2.12. The highest BCUT2D eigenvalue weighted by atomic mass is 35.5. The van der Waals surface area contributed by atoms with Gasteiger partial charge in [-0.15, -0.1) is 21.5 Å². The van der Waals surface area contributed by atoms with E-state index >= 15 is 0 Å². The van der Waals surface area contributed by atoms with Crippen LogP contribution in [0.3, 0.4) is 0 Å². The normalized spacial score (nSPS) is 12.3. The second-order valence-electron chi connectivity index (χ2n) is 4.98. The van der Waals surface area contributed by atoms with Crippen LogP contribution in [0.25, 0.3) is 0 Å². The maximum Gasteiger partial charge on any atom is 0.206 e. The molecule has 0 aliphatic heterocycles. The summed E-state index contributed by atoms with van der Waals surface area (Å²) in [6.45, 7) is 4.14. The summed E-state index contributed by atoms with van der Waals surface area (Å²) >= 11 is 9.16. The summed E-state index contributed by atoms with van der Waals surface area (Å²) in [5, 5.41) is 15.4.